The van der Waals surface area contributed by atoms with E-state index in [9.17, 15) is 4.79 Å². The molecule has 0 aliphatic carbocycles. The van der Waals surface area contributed by atoms with Gasteiger partial charge < -0.3 is 15.4 Å². The second kappa shape index (κ2) is 5.76. The van der Waals surface area contributed by atoms with Crippen LogP contribution in [0.5, 0.6) is 0 Å². The van der Waals surface area contributed by atoms with Gasteiger partial charge in [0.2, 0.25) is 0 Å². The molecule has 24 heavy (non-hydrogen) atoms. The zero-order valence-electron chi connectivity index (χ0n) is 13.2. The average molecular weight is 335 g/mol. The van der Waals surface area contributed by atoms with Crippen molar-refractivity contribution >= 4 is 45.7 Å². The van der Waals surface area contributed by atoms with E-state index < -0.39 is 0 Å². The van der Waals surface area contributed by atoms with E-state index in [-0.39, 0.29) is 5.91 Å². The second-order valence-electron chi connectivity index (χ2n) is 5.69. The van der Waals surface area contributed by atoms with Gasteiger partial charge >= 0.3 is 0 Å². The van der Waals surface area contributed by atoms with Crippen LogP contribution in [-0.4, -0.2) is 12.5 Å². The summed E-state index contributed by atoms with van der Waals surface area (Å²) in [5.41, 5.74) is 9.25. The minimum Gasteiger partial charge on any atom is -0.399 e. The van der Waals surface area contributed by atoms with Crippen molar-refractivity contribution in [3.63, 3.8) is 0 Å². The highest BCUT2D eigenvalue weighted by molar-refractivity contribution is 8.00. The first-order valence-electron chi connectivity index (χ1n) is 7.85. The number of nitrogens with zero attached hydrogens (tertiary/aromatic N) is 1. The molecule has 1 aliphatic rings. The van der Waals surface area contributed by atoms with Gasteiger partial charge in [-0.2, -0.15) is 0 Å². The number of carbonyl (C=O) groups is 1. The van der Waals surface area contributed by atoms with E-state index in [1.807, 2.05) is 54.3 Å². The first kappa shape index (κ1) is 14.9. The molecule has 0 bridgehead atoms. The fourth-order valence-corrected chi connectivity index (χ4v) is 3.87. The molecule has 3 aromatic rings. The minimum atomic E-state index is 0.0896. The van der Waals surface area contributed by atoms with Gasteiger partial charge in [-0.25, -0.2) is 0 Å². The number of nitrogens with one attached hydrogen (secondary N) is 1. The number of nitrogens with two attached hydrogens (primary N) is 1. The highest BCUT2D eigenvalue weighted by Crippen LogP contribution is 2.41. The summed E-state index contributed by atoms with van der Waals surface area (Å²) in [6, 6.07) is 17.7. The molecule has 0 radical (unpaired) electrons. The molecule has 0 spiro atoms. The maximum absolute atomic E-state index is 12.5. The minimum absolute atomic E-state index is 0.0896. The first-order valence-corrected chi connectivity index (χ1v) is 8.66. The molecule has 0 saturated carbocycles. The maximum Gasteiger partial charge on any atom is 0.258 e. The number of rotatable bonds is 4. The Morgan fingerprint density at radius 1 is 1.08 bits per heavy atom. The monoisotopic (exact) mass is 335 g/mol. The standard InChI is InChI=1S/C19H17N3OS/c1-2-22-16-10-11-17(24-21-13-8-6-12(20)7-9-13)14-4-3-5-15(18(14)16)19(22)23/h3-11,21H,2,20H2,1H3. The van der Waals surface area contributed by atoms with Crippen LogP contribution in [0.25, 0.3) is 10.8 Å². The van der Waals surface area contributed by atoms with Crippen molar-refractivity contribution in [3.05, 3.63) is 60.2 Å². The summed E-state index contributed by atoms with van der Waals surface area (Å²) in [4.78, 5) is 15.5. The van der Waals surface area contributed by atoms with Crippen LogP contribution in [0.15, 0.2) is 59.5 Å². The third kappa shape index (κ3) is 2.29. The van der Waals surface area contributed by atoms with E-state index in [4.69, 9.17) is 5.73 Å². The van der Waals surface area contributed by atoms with E-state index in [1.54, 1.807) is 11.9 Å². The third-order valence-corrected chi connectivity index (χ3v) is 5.16. The Balaban J connectivity index is 1.72. The Morgan fingerprint density at radius 2 is 1.88 bits per heavy atom. The van der Waals surface area contributed by atoms with Crippen LogP contribution < -0.4 is 15.4 Å². The molecule has 0 atom stereocenters. The van der Waals surface area contributed by atoms with Gasteiger partial charge in [0.1, 0.15) is 0 Å². The van der Waals surface area contributed by atoms with Gasteiger partial charge in [-0.3, -0.25) is 4.79 Å². The molecular formula is C19H17N3OS. The van der Waals surface area contributed by atoms with Crippen LogP contribution in [0.4, 0.5) is 17.1 Å². The van der Waals surface area contributed by atoms with E-state index in [0.717, 1.165) is 38.3 Å². The Bertz CT molecular complexity index is 937. The fraction of sp³-hybridized carbons (Fsp3) is 0.105. The Labute approximate surface area is 144 Å². The van der Waals surface area contributed by atoms with Crippen LogP contribution in [0.2, 0.25) is 0 Å². The number of amides is 1. The molecular weight excluding hydrogens is 318 g/mol. The smallest absolute Gasteiger partial charge is 0.258 e. The highest BCUT2D eigenvalue weighted by atomic mass is 32.2. The number of anilines is 3. The predicted octanol–water partition coefficient (Wildman–Crippen LogP) is 4.52. The van der Waals surface area contributed by atoms with Crippen molar-refractivity contribution in [1.82, 2.24) is 0 Å². The summed E-state index contributed by atoms with van der Waals surface area (Å²) in [5, 5.41) is 2.15. The van der Waals surface area contributed by atoms with Gasteiger partial charge in [0.05, 0.1) is 5.69 Å². The average Bonchev–Trinajstić information content (AvgIpc) is 2.89. The largest absolute Gasteiger partial charge is 0.399 e. The molecule has 3 aromatic carbocycles. The third-order valence-electron chi connectivity index (χ3n) is 4.25. The van der Waals surface area contributed by atoms with Gasteiger partial charge in [-0.15, -0.1) is 0 Å². The normalized spacial score (nSPS) is 12.9. The summed E-state index contributed by atoms with van der Waals surface area (Å²) in [6.07, 6.45) is 0. The molecule has 1 aliphatic heterocycles. The molecule has 0 saturated heterocycles. The predicted molar refractivity (Wildman–Crippen MR) is 102 cm³/mol. The summed E-state index contributed by atoms with van der Waals surface area (Å²) >= 11 is 1.54. The molecule has 1 amide bonds. The lowest BCUT2D eigenvalue weighted by atomic mass is 10.1. The summed E-state index contributed by atoms with van der Waals surface area (Å²) in [5.74, 6) is 0.0896. The first-order chi connectivity index (χ1) is 11.7. The molecule has 4 nitrogen and oxygen atoms in total. The van der Waals surface area contributed by atoms with Crippen molar-refractivity contribution in [2.75, 3.05) is 21.9 Å². The molecule has 0 aromatic heterocycles. The van der Waals surface area contributed by atoms with Gasteiger partial charge in [0, 0.05) is 33.8 Å². The van der Waals surface area contributed by atoms with Gasteiger partial charge in [0.15, 0.2) is 0 Å². The van der Waals surface area contributed by atoms with Gasteiger partial charge in [0.25, 0.3) is 5.91 Å². The van der Waals surface area contributed by atoms with Gasteiger partial charge in [-0.05, 0) is 66.7 Å². The Morgan fingerprint density at radius 3 is 2.62 bits per heavy atom. The molecule has 120 valence electrons. The Kier molecular flexibility index (Phi) is 3.58. The van der Waals surface area contributed by atoms with E-state index >= 15 is 0 Å². The van der Waals surface area contributed by atoms with Crippen LogP contribution in [0.3, 0.4) is 0 Å². The van der Waals surface area contributed by atoms with Crippen LogP contribution in [0.1, 0.15) is 17.3 Å². The topological polar surface area (TPSA) is 58.4 Å². The lowest BCUT2D eigenvalue weighted by Gasteiger charge is -2.15. The van der Waals surface area contributed by atoms with Crippen molar-refractivity contribution in [2.45, 2.75) is 11.8 Å². The van der Waals surface area contributed by atoms with Crippen molar-refractivity contribution < 1.29 is 4.79 Å². The number of carbonyl (C=O) groups excluding carboxylic acids is 1. The van der Waals surface area contributed by atoms with Crippen molar-refractivity contribution in [3.8, 4) is 0 Å². The van der Waals surface area contributed by atoms with Crippen molar-refractivity contribution in [1.29, 1.82) is 0 Å². The molecule has 3 N–H and O–H groups in total. The zero-order valence-corrected chi connectivity index (χ0v) is 14.1. The second-order valence-corrected chi connectivity index (χ2v) is 6.53. The molecule has 1 heterocycles. The summed E-state index contributed by atoms with van der Waals surface area (Å²) in [7, 11) is 0. The fourth-order valence-electron chi connectivity index (χ4n) is 3.09. The number of hydrogen-bond acceptors (Lipinski definition) is 4. The summed E-state index contributed by atoms with van der Waals surface area (Å²) in [6.45, 7) is 2.68. The van der Waals surface area contributed by atoms with E-state index in [0.29, 0.717) is 6.54 Å². The highest BCUT2D eigenvalue weighted by Gasteiger charge is 2.29. The number of nitrogen functional groups attached to an aromatic ring is 1. The summed E-state index contributed by atoms with van der Waals surface area (Å²) < 4.78 is 3.34. The quantitative estimate of drug-likeness (QED) is 0.543. The maximum atomic E-state index is 12.5. The lowest BCUT2D eigenvalue weighted by Crippen LogP contribution is -2.25. The van der Waals surface area contributed by atoms with E-state index in [1.165, 1.54) is 0 Å². The van der Waals surface area contributed by atoms with Crippen LogP contribution in [-0.2, 0) is 0 Å². The molecule has 4 rings (SSSR count). The number of hydrogen-bond donors (Lipinski definition) is 2. The van der Waals surface area contributed by atoms with Crippen LogP contribution >= 0.6 is 11.9 Å². The molecule has 5 heteroatoms. The molecule has 0 fully saturated rings. The SMILES string of the molecule is CCN1C(=O)c2cccc3c(SNc4ccc(N)cc4)ccc1c23. The zero-order chi connectivity index (χ0) is 16.7. The Hall–Kier alpha value is -2.66. The van der Waals surface area contributed by atoms with Gasteiger partial charge in [-0.1, -0.05) is 12.1 Å². The van der Waals surface area contributed by atoms with E-state index in [2.05, 4.69) is 16.9 Å². The van der Waals surface area contributed by atoms with Crippen molar-refractivity contribution in [2.24, 2.45) is 0 Å². The lowest BCUT2D eigenvalue weighted by molar-refractivity contribution is 0.0994. The number of benzene rings is 3. The molecule has 0 unspecified atom stereocenters. The van der Waals surface area contributed by atoms with Crippen LogP contribution in [0, 0.1) is 0 Å².